The molecule has 154 valence electrons. The number of aromatic amines is 1. The number of hydrogen-bond donors (Lipinski definition) is 2. The van der Waals surface area contributed by atoms with Crippen LogP contribution in [0, 0.1) is 11.3 Å². The lowest BCUT2D eigenvalue weighted by atomic mass is 10.1. The standard InChI is InChI=1S/C21H23N7O2/c1-29-16-5-6-28(13-16)12-14-3-4-17(19(7-14)30-2)18-8-20(27-26-18)25-21-11-23-15(9-22)10-24-21/h3-4,7-8,10-11,16H,5-6,12-13H2,1-2H3,(H2,24,25,26,27)/t16-/m0/s1. The van der Waals surface area contributed by atoms with Gasteiger partial charge in [-0.2, -0.15) is 10.4 Å². The second-order valence-corrected chi connectivity index (χ2v) is 7.11. The number of rotatable bonds is 7. The highest BCUT2D eigenvalue weighted by atomic mass is 16.5. The molecule has 0 spiro atoms. The topological polar surface area (TPSA) is 112 Å². The van der Waals surface area contributed by atoms with Crippen LogP contribution in [0.1, 0.15) is 17.7 Å². The first-order chi connectivity index (χ1) is 14.7. The quantitative estimate of drug-likeness (QED) is 0.617. The molecular weight excluding hydrogens is 382 g/mol. The molecule has 4 rings (SSSR count). The van der Waals surface area contributed by atoms with E-state index in [9.17, 15) is 0 Å². The lowest BCUT2D eigenvalue weighted by Gasteiger charge is -2.17. The van der Waals surface area contributed by atoms with Crippen molar-refractivity contribution in [3.8, 4) is 23.1 Å². The summed E-state index contributed by atoms with van der Waals surface area (Å²) in [6, 6.07) is 10.0. The number of anilines is 2. The minimum absolute atomic E-state index is 0.264. The van der Waals surface area contributed by atoms with Gasteiger partial charge in [-0.25, -0.2) is 9.97 Å². The summed E-state index contributed by atoms with van der Waals surface area (Å²) in [5.41, 5.74) is 3.20. The van der Waals surface area contributed by atoms with E-state index in [1.54, 1.807) is 14.2 Å². The Hall–Kier alpha value is -3.48. The minimum Gasteiger partial charge on any atom is -0.496 e. The van der Waals surface area contributed by atoms with Gasteiger partial charge in [-0.15, -0.1) is 0 Å². The van der Waals surface area contributed by atoms with Crippen molar-refractivity contribution < 1.29 is 9.47 Å². The zero-order chi connectivity index (χ0) is 20.9. The van der Waals surface area contributed by atoms with Gasteiger partial charge in [-0.05, 0) is 24.1 Å². The molecule has 1 atom stereocenters. The largest absolute Gasteiger partial charge is 0.496 e. The van der Waals surface area contributed by atoms with E-state index in [0.717, 1.165) is 43.1 Å². The molecule has 2 N–H and O–H groups in total. The van der Waals surface area contributed by atoms with Crippen molar-refractivity contribution in [1.29, 1.82) is 5.26 Å². The molecule has 0 aliphatic carbocycles. The first kappa shape index (κ1) is 19.8. The van der Waals surface area contributed by atoms with Crippen LogP contribution in [-0.4, -0.2) is 58.5 Å². The molecule has 1 fully saturated rings. The second-order valence-electron chi connectivity index (χ2n) is 7.11. The average molecular weight is 405 g/mol. The Bertz CT molecular complexity index is 1040. The van der Waals surface area contributed by atoms with Crippen molar-refractivity contribution in [2.75, 3.05) is 32.6 Å². The Kier molecular flexibility index (Phi) is 5.88. The fourth-order valence-electron chi connectivity index (χ4n) is 3.55. The van der Waals surface area contributed by atoms with E-state index < -0.39 is 0 Å². The van der Waals surface area contributed by atoms with Gasteiger partial charge in [0.05, 0.1) is 31.3 Å². The molecule has 0 unspecified atom stereocenters. The normalized spacial score (nSPS) is 16.4. The number of nitriles is 1. The third-order valence-corrected chi connectivity index (χ3v) is 5.13. The molecule has 0 bridgehead atoms. The highest BCUT2D eigenvalue weighted by Gasteiger charge is 2.22. The molecule has 30 heavy (non-hydrogen) atoms. The van der Waals surface area contributed by atoms with E-state index in [0.29, 0.717) is 17.7 Å². The van der Waals surface area contributed by atoms with Crippen LogP contribution < -0.4 is 10.1 Å². The van der Waals surface area contributed by atoms with Gasteiger partial charge >= 0.3 is 0 Å². The highest BCUT2D eigenvalue weighted by molar-refractivity contribution is 5.71. The molecule has 1 saturated heterocycles. The molecular formula is C21H23N7O2. The predicted molar refractivity (Wildman–Crippen MR) is 111 cm³/mol. The molecule has 0 radical (unpaired) electrons. The van der Waals surface area contributed by atoms with Gasteiger partial charge in [0.25, 0.3) is 0 Å². The smallest absolute Gasteiger partial charge is 0.158 e. The van der Waals surface area contributed by atoms with Crippen LogP contribution in [0.5, 0.6) is 5.75 Å². The van der Waals surface area contributed by atoms with E-state index in [2.05, 4.69) is 42.5 Å². The first-order valence-electron chi connectivity index (χ1n) is 9.65. The number of nitrogens with one attached hydrogen (secondary N) is 2. The zero-order valence-electron chi connectivity index (χ0n) is 16.9. The maximum Gasteiger partial charge on any atom is 0.158 e. The molecule has 0 saturated carbocycles. The maximum absolute atomic E-state index is 8.81. The summed E-state index contributed by atoms with van der Waals surface area (Å²) in [6.45, 7) is 2.86. The molecule has 3 aromatic rings. The van der Waals surface area contributed by atoms with Crippen molar-refractivity contribution >= 4 is 11.6 Å². The van der Waals surface area contributed by atoms with Gasteiger partial charge in [0.15, 0.2) is 11.5 Å². The number of H-pyrrole nitrogens is 1. The summed E-state index contributed by atoms with van der Waals surface area (Å²) >= 11 is 0. The third kappa shape index (κ3) is 4.40. The van der Waals surface area contributed by atoms with Crippen molar-refractivity contribution in [1.82, 2.24) is 25.1 Å². The van der Waals surface area contributed by atoms with Crippen LogP contribution in [0.2, 0.25) is 0 Å². The van der Waals surface area contributed by atoms with Gasteiger partial charge in [0.2, 0.25) is 0 Å². The molecule has 0 amide bonds. The van der Waals surface area contributed by atoms with Crippen LogP contribution in [-0.2, 0) is 11.3 Å². The first-order valence-corrected chi connectivity index (χ1v) is 9.65. The molecule has 1 aliphatic rings. The number of hydrogen-bond acceptors (Lipinski definition) is 8. The van der Waals surface area contributed by atoms with E-state index in [-0.39, 0.29) is 5.69 Å². The van der Waals surface area contributed by atoms with E-state index in [1.807, 2.05) is 18.2 Å². The fraction of sp³-hybridized carbons (Fsp3) is 0.333. The molecule has 9 heteroatoms. The molecule has 1 aromatic carbocycles. The summed E-state index contributed by atoms with van der Waals surface area (Å²) in [5.74, 6) is 1.88. The van der Waals surface area contributed by atoms with Crippen LogP contribution in [0.3, 0.4) is 0 Å². The van der Waals surface area contributed by atoms with Crippen LogP contribution in [0.25, 0.3) is 11.3 Å². The molecule has 2 aromatic heterocycles. The van der Waals surface area contributed by atoms with Crippen LogP contribution in [0.4, 0.5) is 11.6 Å². The summed E-state index contributed by atoms with van der Waals surface area (Å²) in [4.78, 5) is 10.5. The van der Waals surface area contributed by atoms with Crippen LogP contribution >= 0.6 is 0 Å². The highest BCUT2D eigenvalue weighted by Crippen LogP contribution is 2.32. The predicted octanol–water partition coefficient (Wildman–Crippen LogP) is 2.71. The number of aromatic nitrogens is 4. The lowest BCUT2D eigenvalue weighted by molar-refractivity contribution is 0.107. The average Bonchev–Trinajstić information content (AvgIpc) is 3.43. The van der Waals surface area contributed by atoms with Crippen molar-refractivity contribution in [3.05, 3.63) is 47.9 Å². The Morgan fingerprint density at radius 1 is 1.23 bits per heavy atom. The number of likely N-dealkylation sites (tertiary alicyclic amines) is 1. The summed E-state index contributed by atoms with van der Waals surface area (Å²) in [7, 11) is 3.44. The number of ether oxygens (including phenoxy) is 2. The SMILES string of the molecule is COc1cc(CN2CC[C@H](OC)C2)ccc1-c1cc(Nc2cnc(C#N)cn2)n[nH]1. The van der Waals surface area contributed by atoms with Crippen LogP contribution in [0.15, 0.2) is 36.7 Å². The number of methoxy groups -OCH3 is 2. The Balaban J connectivity index is 1.47. The monoisotopic (exact) mass is 405 g/mol. The van der Waals surface area contributed by atoms with Gasteiger partial charge in [0, 0.05) is 38.4 Å². The van der Waals surface area contributed by atoms with E-state index in [1.165, 1.54) is 18.0 Å². The Morgan fingerprint density at radius 2 is 2.13 bits per heavy atom. The fourth-order valence-corrected chi connectivity index (χ4v) is 3.55. The summed E-state index contributed by atoms with van der Waals surface area (Å²) in [5, 5.41) is 19.2. The number of nitrogens with zero attached hydrogens (tertiary/aromatic N) is 5. The van der Waals surface area contributed by atoms with Crippen molar-refractivity contribution in [2.45, 2.75) is 19.1 Å². The summed E-state index contributed by atoms with van der Waals surface area (Å²) in [6.07, 6.45) is 4.30. The minimum atomic E-state index is 0.264. The van der Waals surface area contributed by atoms with Crippen molar-refractivity contribution in [3.63, 3.8) is 0 Å². The van der Waals surface area contributed by atoms with E-state index in [4.69, 9.17) is 14.7 Å². The Morgan fingerprint density at radius 3 is 2.83 bits per heavy atom. The molecule has 1 aliphatic heterocycles. The third-order valence-electron chi connectivity index (χ3n) is 5.13. The number of benzene rings is 1. The summed E-state index contributed by atoms with van der Waals surface area (Å²) < 4.78 is 11.1. The molecule has 3 heterocycles. The lowest BCUT2D eigenvalue weighted by Crippen LogP contribution is -2.22. The second kappa shape index (κ2) is 8.90. The van der Waals surface area contributed by atoms with Gasteiger partial charge in [-0.3, -0.25) is 10.00 Å². The maximum atomic E-state index is 8.81. The zero-order valence-corrected chi connectivity index (χ0v) is 16.9. The Labute approximate surface area is 174 Å². The van der Waals surface area contributed by atoms with Crippen molar-refractivity contribution in [2.24, 2.45) is 0 Å². The molecule has 9 nitrogen and oxygen atoms in total. The van der Waals surface area contributed by atoms with Gasteiger partial charge in [-0.1, -0.05) is 6.07 Å². The van der Waals surface area contributed by atoms with Gasteiger partial charge < -0.3 is 14.8 Å². The van der Waals surface area contributed by atoms with E-state index >= 15 is 0 Å². The van der Waals surface area contributed by atoms with Gasteiger partial charge in [0.1, 0.15) is 17.6 Å².